The molecule has 1 nitrogen and oxygen atoms in total. The first kappa shape index (κ1) is 10.4. The van der Waals surface area contributed by atoms with E-state index in [0.717, 1.165) is 6.42 Å². The molecule has 1 N–H and O–H groups in total. The van der Waals surface area contributed by atoms with Crippen molar-refractivity contribution in [2.75, 3.05) is 0 Å². The van der Waals surface area contributed by atoms with Gasteiger partial charge in [0.25, 0.3) is 0 Å². The molecule has 12 heavy (non-hydrogen) atoms. The van der Waals surface area contributed by atoms with Gasteiger partial charge in [0.05, 0.1) is 6.10 Å². The summed E-state index contributed by atoms with van der Waals surface area (Å²) in [5.74, 6) is 0. The Balaban J connectivity index is 2.39. The van der Waals surface area contributed by atoms with Crippen molar-refractivity contribution in [2.24, 2.45) is 0 Å². The van der Waals surface area contributed by atoms with E-state index in [1.165, 1.54) is 19.3 Å². The van der Waals surface area contributed by atoms with Crippen molar-refractivity contribution in [3.63, 3.8) is 0 Å². The van der Waals surface area contributed by atoms with Gasteiger partial charge < -0.3 is 5.11 Å². The van der Waals surface area contributed by atoms with Crippen LogP contribution >= 0.6 is 11.8 Å². The molecule has 0 amide bonds. The summed E-state index contributed by atoms with van der Waals surface area (Å²) < 4.78 is 0.295. The van der Waals surface area contributed by atoms with Crippen LogP contribution < -0.4 is 0 Å². The third-order valence-corrected chi connectivity index (χ3v) is 3.73. The van der Waals surface area contributed by atoms with Gasteiger partial charge in [-0.15, -0.1) is 11.8 Å². The summed E-state index contributed by atoms with van der Waals surface area (Å²) in [4.78, 5) is 0. The lowest BCUT2D eigenvalue weighted by atomic mass is 9.97. The molecule has 0 unspecified atom stereocenters. The lowest BCUT2D eigenvalue weighted by Crippen LogP contribution is -2.30. The van der Waals surface area contributed by atoms with Crippen LogP contribution in [0.15, 0.2) is 0 Å². The molecule has 1 saturated carbocycles. The molecule has 1 aliphatic carbocycles. The molecule has 0 aromatic heterocycles. The lowest BCUT2D eigenvalue weighted by Gasteiger charge is -2.32. The molecule has 0 heterocycles. The van der Waals surface area contributed by atoms with Gasteiger partial charge in [0.2, 0.25) is 0 Å². The van der Waals surface area contributed by atoms with Crippen LogP contribution in [0.5, 0.6) is 0 Å². The van der Waals surface area contributed by atoms with Gasteiger partial charge in [-0.2, -0.15) is 0 Å². The van der Waals surface area contributed by atoms with Crippen molar-refractivity contribution >= 4 is 11.8 Å². The Bertz CT molecular complexity index is 139. The fourth-order valence-electron chi connectivity index (χ4n) is 1.67. The topological polar surface area (TPSA) is 20.2 Å². The Labute approximate surface area is 79.9 Å². The maximum Gasteiger partial charge on any atom is 0.0659 e. The Hall–Kier alpha value is 0.310. The highest BCUT2D eigenvalue weighted by Crippen LogP contribution is 2.36. The van der Waals surface area contributed by atoms with E-state index in [2.05, 4.69) is 20.8 Å². The molecule has 0 spiro atoms. The number of aliphatic hydroxyl groups excluding tert-OH is 1. The molecule has 1 aliphatic rings. The zero-order valence-corrected chi connectivity index (χ0v) is 9.16. The van der Waals surface area contributed by atoms with Crippen LogP contribution in [0, 0.1) is 0 Å². The van der Waals surface area contributed by atoms with Crippen LogP contribution in [0.25, 0.3) is 0 Å². The zero-order valence-electron chi connectivity index (χ0n) is 8.34. The summed E-state index contributed by atoms with van der Waals surface area (Å²) in [5, 5.41) is 10.2. The van der Waals surface area contributed by atoms with E-state index in [9.17, 15) is 5.11 Å². The van der Waals surface area contributed by atoms with Crippen LogP contribution in [0.1, 0.15) is 46.5 Å². The Morgan fingerprint density at radius 1 is 1.17 bits per heavy atom. The first-order valence-electron chi connectivity index (χ1n) is 4.85. The third-order valence-electron chi connectivity index (χ3n) is 2.17. The fourth-order valence-corrected chi connectivity index (χ4v) is 3.15. The highest BCUT2D eigenvalue weighted by molar-refractivity contribution is 8.01. The van der Waals surface area contributed by atoms with Crippen molar-refractivity contribution in [1.29, 1.82) is 0 Å². The van der Waals surface area contributed by atoms with Gasteiger partial charge in [0.1, 0.15) is 0 Å². The van der Waals surface area contributed by atoms with Crippen molar-refractivity contribution in [3.05, 3.63) is 0 Å². The van der Waals surface area contributed by atoms with Gasteiger partial charge in [-0.1, -0.05) is 33.6 Å². The van der Waals surface area contributed by atoms with Gasteiger partial charge in [0.15, 0.2) is 0 Å². The Kier molecular flexibility index (Phi) is 3.47. The SMILES string of the molecule is CC(C)(C)S[C@H]1CCCC[C@@H]1O. The second-order valence-corrected chi connectivity index (χ2v) is 6.69. The van der Waals surface area contributed by atoms with Gasteiger partial charge in [-0.3, -0.25) is 0 Å². The van der Waals surface area contributed by atoms with Gasteiger partial charge >= 0.3 is 0 Å². The predicted molar refractivity (Wildman–Crippen MR) is 55.6 cm³/mol. The summed E-state index contributed by atoms with van der Waals surface area (Å²) in [6.07, 6.45) is 4.66. The Morgan fingerprint density at radius 2 is 1.75 bits per heavy atom. The summed E-state index contributed by atoms with van der Waals surface area (Å²) in [7, 11) is 0. The fraction of sp³-hybridized carbons (Fsp3) is 1.00. The van der Waals surface area contributed by atoms with Gasteiger partial charge in [0, 0.05) is 10.00 Å². The minimum absolute atomic E-state index is 0.0528. The molecule has 0 radical (unpaired) electrons. The lowest BCUT2D eigenvalue weighted by molar-refractivity contribution is 0.136. The van der Waals surface area contributed by atoms with E-state index in [0.29, 0.717) is 10.00 Å². The van der Waals surface area contributed by atoms with E-state index in [-0.39, 0.29) is 6.10 Å². The molecule has 1 fully saturated rings. The molecule has 2 heteroatoms. The highest BCUT2D eigenvalue weighted by Gasteiger charge is 2.27. The average Bonchev–Trinajstić information content (AvgIpc) is 1.91. The minimum Gasteiger partial charge on any atom is -0.392 e. The average molecular weight is 188 g/mol. The van der Waals surface area contributed by atoms with Crippen LogP contribution in [0.3, 0.4) is 0 Å². The molecule has 72 valence electrons. The monoisotopic (exact) mass is 188 g/mol. The van der Waals surface area contributed by atoms with Crippen LogP contribution in [0.4, 0.5) is 0 Å². The summed E-state index contributed by atoms with van der Waals surface area (Å²) >= 11 is 1.94. The Morgan fingerprint density at radius 3 is 2.25 bits per heavy atom. The molecule has 0 aromatic carbocycles. The quantitative estimate of drug-likeness (QED) is 0.683. The third kappa shape index (κ3) is 3.36. The summed E-state index contributed by atoms with van der Waals surface area (Å²) in [6, 6.07) is 0. The molecule has 0 aliphatic heterocycles. The van der Waals surface area contributed by atoms with E-state index < -0.39 is 0 Å². The second-order valence-electron chi connectivity index (χ2n) is 4.62. The first-order valence-corrected chi connectivity index (χ1v) is 5.73. The number of thioether (sulfide) groups is 1. The number of hydrogen-bond acceptors (Lipinski definition) is 2. The normalized spacial score (nSPS) is 32.0. The van der Waals surface area contributed by atoms with Crippen molar-refractivity contribution < 1.29 is 5.11 Å². The van der Waals surface area contributed by atoms with Crippen molar-refractivity contribution in [2.45, 2.75) is 62.6 Å². The number of rotatable bonds is 1. The van der Waals surface area contributed by atoms with Crippen molar-refractivity contribution in [3.8, 4) is 0 Å². The molecule has 1 rings (SSSR count). The molecule has 2 atom stereocenters. The van der Waals surface area contributed by atoms with Gasteiger partial charge in [-0.05, 0) is 12.8 Å². The number of aliphatic hydroxyl groups is 1. The predicted octanol–water partition coefficient (Wildman–Crippen LogP) is 2.82. The standard InChI is InChI=1S/C10H20OS/c1-10(2,3)12-9-7-5-4-6-8(9)11/h8-9,11H,4-7H2,1-3H3/t8-,9-/m0/s1. The molecular weight excluding hydrogens is 168 g/mol. The zero-order chi connectivity index (χ0) is 9.19. The van der Waals surface area contributed by atoms with Crippen molar-refractivity contribution in [1.82, 2.24) is 0 Å². The second kappa shape index (κ2) is 4.01. The van der Waals surface area contributed by atoms with E-state index in [1.54, 1.807) is 0 Å². The van der Waals surface area contributed by atoms with Crippen LogP contribution in [0.2, 0.25) is 0 Å². The first-order chi connectivity index (χ1) is 5.49. The van der Waals surface area contributed by atoms with Crippen LogP contribution in [-0.2, 0) is 0 Å². The summed E-state index contributed by atoms with van der Waals surface area (Å²) in [6.45, 7) is 6.66. The molecule has 0 bridgehead atoms. The van der Waals surface area contributed by atoms with E-state index in [1.807, 2.05) is 11.8 Å². The number of hydrogen-bond donors (Lipinski definition) is 1. The smallest absolute Gasteiger partial charge is 0.0659 e. The molecular formula is C10H20OS. The highest BCUT2D eigenvalue weighted by atomic mass is 32.2. The van der Waals surface area contributed by atoms with Gasteiger partial charge in [-0.25, -0.2) is 0 Å². The molecule has 0 saturated heterocycles. The maximum absolute atomic E-state index is 9.71. The van der Waals surface area contributed by atoms with Crippen LogP contribution in [-0.4, -0.2) is 21.2 Å². The van der Waals surface area contributed by atoms with E-state index in [4.69, 9.17) is 0 Å². The largest absolute Gasteiger partial charge is 0.392 e. The van der Waals surface area contributed by atoms with E-state index >= 15 is 0 Å². The molecule has 0 aromatic rings. The minimum atomic E-state index is -0.0528. The maximum atomic E-state index is 9.71. The summed E-state index contributed by atoms with van der Waals surface area (Å²) in [5.41, 5.74) is 0.